The first-order valence-corrected chi connectivity index (χ1v) is 10.6. The van der Waals surface area contributed by atoms with Gasteiger partial charge in [-0.1, -0.05) is 11.3 Å². The molecule has 3 heterocycles. The Kier molecular flexibility index (Phi) is 6.17. The Morgan fingerprint density at radius 3 is 2.47 bits per heavy atom. The minimum atomic E-state index is -0.619. The summed E-state index contributed by atoms with van der Waals surface area (Å²) in [5, 5.41) is 3.60. The highest BCUT2D eigenvalue weighted by Crippen LogP contribution is 2.28. The van der Waals surface area contributed by atoms with Gasteiger partial charge >= 0.3 is 18.0 Å². The quantitative estimate of drug-likeness (QED) is 0.597. The molecular formula is C21H21N5O5S. The summed E-state index contributed by atoms with van der Waals surface area (Å²) in [6.45, 7) is 2.16. The molecule has 1 aromatic carbocycles. The van der Waals surface area contributed by atoms with E-state index >= 15 is 0 Å². The number of anilines is 2. The third-order valence-electron chi connectivity index (χ3n) is 5.08. The van der Waals surface area contributed by atoms with Crippen molar-refractivity contribution in [3.8, 4) is 0 Å². The largest absolute Gasteiger partial charge is 0.465 e. The Balaban J connectivity index is 1.45. The average molecular weight is 455 g/mol. The number of ether oxygens (including phenoxy) is 2. The van der Waals surface area contributed by atoms with Gasteiger partial charge in [0.25, 0.3) is 0 Å². The summed E-state index contributed by atoms with van der Waals surface area (Å²) in [6, 6.07) is 7.67. The van der Waals surface area contributed by atoms with Crippen LogP contribution in [0.1, 0.15) is 20.7 Å². The zero-order chi connectivity index (χ0) is 22.7. The van der Waals surface area contributed by atoms with Crippen LogP contribution in [0, 0.1) is 0 Å². The number of nitrogens with zero attached hydrogens (tertiary/aromatic N) is 4. The molecule has 0 unspecified atom stereocenters. The Labute approximate surface area is 187 Å². The van der Waals surface area contributed by atoms with Crippen LogP contribution in [0.2, 0.25) is 0 Å². The molecule has 2 amide bonds. The molecule has 0 bridgehead atoms. The number of fused-ring (bicyclic) bond motifs is 1. The van der Waals surface area contributed by atoms with E-state index < -0.39 is 11.9 Å². The van der Waals surface area contributed by atoms with Crippen LogP contribution in [-0.2, 0) is 9.47 Å². The first kappa shape index (κ1) is 21.5. The number of methoxy groups -OCH3 is 2. The molecule has 0 radical (unpaired) electrons. The van der Waals surface area contributed by atoms with Crippen molar-refractivity contribution in [3.63, 3.8) is 0 Å². The summed E-state index contributed by atoms with van der Waals surface area (Å²) in [5.74, 6) is -1.19. The van der Waals surface area contributed by atoms with Gasteiger partial charge in [-0.15, -0.1) is 0 Å². The number of thiazole rings is 1. The number of esters is 2. The summed E-state index contributed by atoms with van der Waals surface area (Å²) >= 11 is 1.52. The first-order chi connectivity index (χ1) is 15.5. The van der Waals surface area contributed by atoms with Gasteiger partial charge in [-0.3, -0.25) is 0 Å². The zero-order valence-electron chi connectivity index (χ0n) is 17.5. The fourth-order valence-corrected chi connectivity index (χ4v) is 4.33. The van der Waals surface area contributed by atoms with Crippen molar-refractivity contribution >= 4 is 50.5 Å². The number of rotatable bonds is 4. The molecule has 0 spiro atoms. The molecule has 3 aromatic rings. The predicted molar refractivity (Wildman–Crippen MR) is 119 cm³/mol. The molecule has 1 aliphatic rings. The van der Waals surface area contributed by atoms with E-state index in [2.05, 4.69) is 20.2 Å². The van der Waals surface area contributed by atoms with Crippen LogP contribution in [0.15, 0.2) is 36.5 Å². The fraction of sp³-hybridized carbons (Fsp3) is 0.286. The summed E-state index contributed by atoms with van der Waals surface area (Å²) in [7, 11) is 2.51. The number of carbonyl (C=O) groups excluding carboxylic acids is 3. The van der Waals surface area contributed by atoms with Crippen molar-refractivity contribution in [2.24, 2.45) is 0 Å². The van der Waals surface area contributed by atoms with Crippen LogP contribution in [0.3, 0.4) is 0 Å². The van der Waals surface area contributed by atoms with E-state index in [0.717, 1.165) is 15.5 Å². The van der Waals surface area contributed by atoms with Gasteiger partial charge in [-0.25, -0.2) is 24.4 Å². The molecule has 10 nitrogen and oxygen atoms in total. The van der Waals surface area contributed by atoms with Crippen molar-refractivity contribution in [2.45, 2.75) is 0 Å². The lowest BCUT2D eigenvalue weighted by Crippen LogP contribution is -2.50. The van der Waals surface area contributed by atoms with E-state index in [1.54, 1.807) is 11.1 Å². The molecule has 4 rings (SSSR count). The maximum absolute atomic E-state index is 12.9. The number of urea groups is 1. The normalized spacial score (nSPS) is 13.7. The Hall–Kier alpha value is -3.73. The predicted octanol–water partition coefficient (Wildman–Crippen LogP) is 2.62. The molecule has 166 valence electrons. The molecule has 1 fully saturated rings. The lowest BCUT2D eigenvalue weighted by Gasteiger charge is -2.34. The van der Waals surface area contributed by atoms with Gasteiger partial charge in [0.15, 0.2) is 5.13 Å². The summed E-state index contributed by atoms with van der Waals surface area (Å²) in [5.41, 5.74) is 1.40. The van der Waals surface area contributed by atoms with Crippen molar-refractivity contribution < 1.29 is 23.9 Å². The van der Waals surface area contributed by atoms with Crippen molar-refractivity contribution in [3.05, 3.63) is 47.7 Å². The van der Waals surface area contributed by atoms with Gasteiger partial charge in [0, 0.05) is 32.4 Å². The second-order valence-electron chi connectivity index (χ2n) is 6.97. The SMILES string of the molecule is COC(=O)c1ccc(C(=O)OC)c(NC(=O)N2CCN(c3nc4cccnc4s3)CC2)c1. The van der Waals surface area contributed by atoms with Crippen LogP contribution in [0.4, 0.5) is 15.6 Å². The molecule has 32 heavy (non-hydrogen) atoms. The molecular weight excluding hydrogens is 434 g/mol. The van der Waals surface area contributed by atoms with Crippen molar-refractivity contribution in [1.29, 1.82) is 0 Å². The second kappa shape index (κ2) is 9.18. The lowest BCUT2D eigenvalue weighted by molar-refractivity contribution is 0.0587. The van der Waals surface area contributed by atoms with E-state index in [9.17, 15) is 14.4 Å². The van der Waals surface area contributed by atoms with Crippen molar-refractivity contribution in [2.75, 3.05) is 50.6 Å². The summed E-state index contributed by atoms with van der Waals surface area (Å²) in [6.07, 6.45) is 1.74. The van der Waals surface area contributed by atoms with Crippen LogP contribution in [0.25, 0.3) is 10.3 Å². The van der Waals surface area contributed by atoms with Gasteiger partial charge in [0.2, 0.25) is 0 Å². The smallest absolute Gasteiger partial charge is 0.339 e. The topological polar surface area (TPSA) is 114 Å². The maximum Gasteiger partial charge on any atom is 0.339 e. The highest BCUT2D eigenvalue weighted by Gasteiger charge is 2.25. The number of aromatic nitrogens is 2. The monoisotopic (exact) mass is 455 g/mol. The standard InChI is InChI=1S/C21H21N5O5S/c1-30-18(27)13-5-6-14(19(28)31-2)16(12-13)23-20(29)25-8-10-26(11-9-25)21-24-15-4-3-7-22-17(15)32-21/h3-7,12H,8-11H2,1-2H3,(H,23,29). The number of hydrogen-bond donors (Lipinski definition) is 1. The summed E-state index contributed by atoms with van der Waals surface area (Å²) in [4.78, 5) is 50.4. The number of nitrogens with one attached hydrogen (secondary N) is 1. The zero-order valence-corrected chi connectivity index (χ0v) is 18.3. The number of hydrogen-bond acceptors (Lipinski definition) is 9. The van der Waals surface area contributed by atoms with Gasteiger partial charge in [0.05, 0.1) is 31.0 Å². The third kappa shape index (κ3) is 4.33. The summed E-state index contributed by atoms with van der Waals surface area (Å²) < 4.78 is 9.50. The number of amides is 2. The third-order valence-corrected chi connectivity index (χ3v) is 6.12. The van der Waals surface area contributed by atoms with Gasteiger partial charge in [-0.05, 0) is 30.3 Å². The Bertz CT molecular complexity index is 1140. The minimum absolute atomic E-state index is 0.147. The maximum atomic E-state index is 12.9. The Morgan fingerprint density at radius 2 is 1.78 bits per heavy atom. The van der Waals surface area contributed by atoms with E-state index in [0.29, 0.717) is 26.2 Å². The van der Waals surface area contributed by atoms with Crippen LogP contribution in [-0.4, -0.2) is 73.2 Å². The van der Waals surface area contributed by atoms with Gasteiger partial charge in [0.1, 0.15) is 10.3 Å². The van der Waals surface area contributed by atoms with Gasteiger partial charge in [-0.2, -0.15) is 0 Å². The molecule has 1 saturated heterocycles. The highest BCUT2D eigenvalue weighted by atomic mass is 32.1. The first-order valence-electron chi connectivity index (χ1n) is 9.83. The molecule has 11 heteroatoms. The van der Waals surface area contributed by atoms with Gasteiger partial charge < -0.3 is 24.6 Å². The van der Waals surface area contributed by atoms with E-state index in [1.165, 1.54) is 43.8 Å². The number of pyridine rings is 1. The lowest BCUT2D eigenvalue weighted by atomic mass is 10.1. The van der Waals surface area contributed by atoms with Crippen LogP contribution < -0.4 is 10.2 Å². The Morgan fingerprint density at radius 1 is 1.03 bits per heavy atom. The highest BCUT2D eigenvalue weighted by molar-refractivity contribution is 7.21. The van der Waals surface area contributed by atoms with Crippen LogP contribution in [0.5, 0.6) is 0 Å². The van der Waals surface area contributed by atoms with E-state index in [1.807, 2.05) is 12.1 Å². The molecule has 2 aromatic heterocycles. The molecule has 1 N–H and O–H groups in total. The minimum Gasteiger partial charge on any atom is -0.465 e. The fourth-order valence-electron chi connectivity index (χ4n) is 3.37. The van der Waals surface area contributed by atoms with Crippen molar-refractivity contribution in [1.82, 2.24) is 14.9 Å². The second-order valence-corrected chi connectivity index (χ2v) is 7.93. The number of piperazine rings is 1. The van der Waals surface area contributed by atoms with E-state index in [4.69, 9.17) is 9.47 Å². The molecule has 0 atom stereocenters. The molecule has 1 aliphatic heterocycles. The number of benzene rings is 1. The molecule has 0 saturated carbocycles. The molecule has 0 aliphatic carbocycles. The van der Waals surface area contributed by atoms with E-state index in [-0.39, 0.29) is 22.8 Å². The van der Waals surface area contributed by atoms with Crippen LogP contribution >= 0.6 is 11.3 Å². The number of carbonyl (C=O) groups is 3. The average Bonchev–Trinajstić information content (AvgIpc) is 3.27.